The minimum atomic E-state index is -4.39. The molecular weight excluding hydrogens is 377 g/mol. The lowest BCUT2D eigenvalue weighted by molar-refractivity contribution is -0.137. The lowest BCUT2D eigenvalue weighted by atomic mass is 9.94. The van der Waals surface area contributed by atoms with Crippen LogP contribution in [0.2, 0.25) is 5.02 Å². The Hall–Kier alpha value is -1.76. The van der Waals surface area contributed by atoms with Crippen LogP contribution in [-0.2, 0) is 6.18 Å². The van der Waals surface area contributed by atoms with Gasteiger partial charge < -0.3 is 10.1 Å². The van der Waals surface area contributed by atoms with Crippen molar-refractivity contribution in [1.82, 2.24) is 10.2 Å². The van der Waals surface area contributed by atoms with Gasteiger partial charge in [0.2, 0.25) is 0 Å². The average molecular weight is 399 g/mol. The Labute approximate surface area is 162 Å². The summed E-state index contributed by atoms with van der Waals surface area (Å²) in [5.74, 6) is 0.642. The number of rotatable bonds is 5. The first kappa shape index (κ1) is 20.0. The molecule has 1 aliphatic rings. The molecule has 1 N–H and O–H groups in total. The molecule has 1 atom stereocenters. The fraction of sp³-hybridized carbons (Fsp3) is 0.400. The van der Waals surface area contributed by atoms with Crippen molar-refractivity contribution in [2.75, 3.05) is 32.8 Å². The molecule has 27 heavy (non-hydrogen) atoms. The fourth-order valence-electron chi connectivity index (χ4n) is 3.43. The molecule has 3 nitrogen and oxygen atoms in total. The standard InChI is InChI=1S/C20H22ClF3N2O/c1-2-27-18-7-6-16(21)13-17(18)19(26-10-8-25-9-11-26)14-4-3-5-15(12-14)20(22,23)24/h3-7,12-13,19,25H,2,8-11H2,1H3. The molecule has 1 unspecified atom stereocenters. The summed E-state index contributed by atoms with van der Waals surface area (Å²) in [6.45, 7) is 5.34. The van der Waals surface area contributed by atoms with E-state index < -0.39 is 11.7 Å². The summed E-state index contributed by atoms with van der Waals surface area (Å²) in [6, 6.07) is 10.5. The zero-order chi connectivity index (χ0) is 19.4. The average Bonchev–Trinajstić information content (AvgIpc) is 2.65. The van der Waals surface area contributed by atoms with Gasteiger partial charge in [-0.3, -0.25) is 4.90 Å². The number of piperazine rings is 1. The topological polar surface area (TPSA) is 24.5 Å². The Morgan fingerprint density at radius 3 is 2.56 bits per heavy atom. The van der Waals surface area contributed by atoms with E-state index in [1.54, 1.807) is 24.3 Å². The molecule has 0 saturated carbocycles. The van der Waals surface area contributed by atoms with Crippen molar-refractivity contribution in [2.45, 2.75) is 19.1 Å². The van der Waals surface area contributed by atoms with Crippen LogP contribution >= 0.6 is 11.6 Å². The van der Waals surface area contributed by atoms with Crippen LogP contribution in [-0.4, -0.2) is 37.7 Å². The highest BCUT2D eigenvalue weighted by molar-refractivity contribution is 6.30. The molecule has 2 aromatic carbocycles. The van der Waals surface area contributed by atoms with Crippen LogP contribution in [0.15, 0.2) is 42.5 Å². The molecule has 7 heteroatoms. The molecule has 0 amide bonds. The van der Waals surface area contributed by atoms with Gasteiger partial charge in [-0.05, 0) is 42.8 Å². The van der Waals surface area contributed by atoms with E-state index in [1.165, 1.54) is 12.1 Å². The number of ether oxygens (including phenoxy) is 1. The highest BCUT2D eigenvalue weighted by atomic mass is 35.5. The van der Waals surface area contributed by atoms with Crippen molar-refractivity contribution >= 4 is 11.6 Å². The Morgan fingerprint density at radius 2 is 1.89 bits per heavy atom. The van der Waals surface area contributed by atoms with E-state index in [0.717, 1.165) is 37.8 Å². The van der Waals surface area contributed by atoms with Crippen LogP contribution < -0.4 is 10.1 Å². The van der Waals surface area contributed by atoms with Gasteiger partial charge in [-0.1, -0.05) is 23.7 Å². The molecule has 0 bridgehead atoms. The second kappa shape index (κ2) is 8.50. The first-order valence-electron chi connectivity index (χ1n) is 8.94. The Bertz CT molecular complexity index is 776. The number of hydrogen-bond acceptors (Lipinski definition) is 3. The summed E-state index contributed by atoms with van der Waals surface area (Å²) in [6.07, 6.45) is -4.39. The predicted molar refractivity (Wildman–Crippen MR) is 100 cm³/mol. The van der Waals surface area contributed by atoms with E-state index in [4.69, 9.17) is 16.3 Å². The van der Waals surface area contributed by atoms with Crippen LogP contribution in [0.25, 0.3) is 0 Å². The van der Waals surface area contributed by atoms with Gasteiger partial charge in [-0.15, -0.1) is 0 Å². The second-order valence-electron chi connectivity index (χ2n) is 6.43. The maximum absolute atomic E-state index is 13.3. The minimum absolute atomic E-state index is 0.366. The Morgan fingerprint density at radius 1 is 1.15 bits per heavy atom. The summed E-state index contributed by atoms with van der Waals surface area (Å²) in [5.41, 5.74) is 0.709. The molecule has 0 spiro atoms. The third-order valence-electron chi connectivity index (χ3n) is 4.61. The van der Waals surface area contributed by atoms with Gasteiger partial charge in [0, 0.05) is 36.8 Å². The number of benzene rings is 2. The highest BCUT2D eigenvalue weighted by Crippen LogP contribution is 2.39. The van der Waals surface area contributed by atoms with Crippen LogP contribution in [0.4, 0.5) is 13.2 Å². The zero-order valence-corrected chi connectivity index (χ0v) is 15.8. The summed E-state index contributed by atoms with van der Waals surface area (Å²) in [7, 11) is 0. The highest BCUT2D eigenvalue weighted by Gasteiger charge is 2.33. The number of nitrogens with zero attached hydrogens (tertiary/aromatic N) is 1. The lowest BCUT2D eigenvalue weighted by Crippen LogP contribution is -2.45. The molecule has 1 fully saturated rings. The van der Waals surface area contributed by atoms with E-state index in [-0.39, 0.29) is 6.04 Å². The van der Waals surface area contributed by atoms with Gasteiger partial charge in [0.05, 0.1) is 18.2 Å². The number of hydrogen-bond donors (Lipinski definition) is 1. The molecule has 0 radical (unpaired) electrons. The maximum Gasteiger partial charge on any atom is 0.416 e. The lowest BCUT2D eigenvalue weighted by Gasteiger charge is -2.36. The van der Waals surface area contributed by atoms with E-state index in [9.17, 15) is 13.2 Å². The van der Waals surface area contributed by atoms with E-state index >= 15 is 0 Å². The van der Waals surface area contributed by atoms with Crippen molar-refractivity contribution < 1.29 is 17.9 Å². The van der Waals surface area contributed by atoms with Gasteiger partial charge in [0.1, 0.15) is 5.75 Å². The van der Waals surface area contributed by atoms with Gasteiger partial charge in [0.25, 0.3) is 0 Å². The van der Waals surface area contributed by atoms with E-state index in [2.05, 4.69) is 10.2 Å². The van der Waals surface area contributed by atoms with Crippen molar-refractivity contribution in [3.8, 4) is 5.75 Å². The first-order chi connectivity index (χ1) is 12.9. The van der Waals surface area contributed by atoms with Crippen molar-refractivity contribution in [3.05, 3.63) is 64.2 Å². The number of halogens is 4. The SMILES string of the molecule is CCOc1ccc(Cl)cc1C(c1cccc(C(F)(F)F)c1)N1CCNCC1. The van der Waals surface area contributed by atoms with Crippen LogP contribution in [0.5, 0.6) is 5.75 Å². The fourth-order valence-corrected chi connectivity index (χ4v) is 3.61. The number of alkyl halides is 3. The zero-order valence-electron chi connectivity index (χ0n) is 15.0. The Balaban J connectivity index is 2.12. The third kappa shape index (κ3) is 4.75. The molecular formula is C20H22ClF3N2O. The van der Waals surface area contributed by atoms with Crippen LogP contribution in [0.3, 0.4) is 0 Å². The molecule has 1 heterocycles. The largest absolute Gasteiger partial charge is 0.494 e. The van der Waals surface area contributed by atoms with Crippen molar-refractivity contribution in [2.24, 2.45) is 0 Å². The molecule has 1 saturated heterocycles. The van der Waals surface area contributed by atoms with Gasteiger partial charge in [-0.25, -0.2) is 0 Å². The molecule has 3 rings (SSSR count). The number of nitrogens with one attached hydrogen (secondary N) is 1. The first-order valence-corrected chi connectivity index (χ1v) is 9.32. The summed E-state index contributed by atoms with van der Waals surface area (Å²) < 4.78 is 45.6. The molecule has 2 aromatic rings. The van der Waals surface area contributed by atoms with Crippen LogP contribution in [0, 0.1) is 0 Å². The molecule has 146 valence electrons. The summed E-state index contributed by atoms with van der Waals surface area (Å²) in [4.78, 5) is 2.17. The van der Waals surface area contributed by atoms with E-state index in [0.29, 0.717) is 22.9 Å². The normalized spacial score (nSPS) is 16.9. The smallest absolute Gasteiger partial charge is 0.416 e. The Kier molecular flexibility index (Phi) is 6.29. The van der Waals surface area contributed by atoms with Gasteiger partial charge in [0.15, 0.2) is 0 Å². The van der Waals surface area contributed by atoms with Crippen LogP contribution in [0.1, 0.15) is 29.7 Å². The maximum atomic E-state index is 13.3. The minimum Gasteiger partial charge on any atom is -0.494 e. The third-order valence-corrected chi connectivity index (χ3v) is 4.85. The molecule has 0 aromatic heterocycles. The summed E-state index contributed by atoms with van der Waals surface area (Å²) >= 11 is 6.22. The summed E-state index contributed by atoms with van der Waals surface area (Å²) in [5, 5.41) is 3.81. The monoisotopic (exact) mass is 398 g/mol. The quantitative estimate of drug-likeness (QED) is 0.786. The van der Waals surface area contributed by atoms with Crippen molar-refractivity contribution in [1.29, 1.82) is 0 Å². The molecule has 0 aliphatic carbocycles. The predicted octanol–water partition coefficient (Wildman–Crippen LogP) is 4.75. The van der Waals surface area contributed by atoms with E-state index in [1.807, 2.05) is 6.92 Å². The van der Waals surface area contributed by atoms with Gasteiger partial charge >= 0.3 is 6.18 Å². The second-order valence-corrected chi connectivity index (χ2v) is 6.86. The molecule has 1 aliphatic heterocycles. The van der Waals surface area contributed by atoms with Crippen molar-refractivity contribution in [3.63, 3.8) is 0 Å². The van der Waals surface area contributed by atoms with Gasteiger partial charge in [-0.2, -0.15) is 13.2 Å².